The zero-order chi connectivity index (χ0) is 14.5. The van der Waals surface area contributed by atoms with E-state index in [0.717, 1.165) is 4.90 Å². The van der Waals surface area contributed by atoms with Crippen LogP contribution in [0.1, 0.15) is 11.1 Å². The van der Waals surface area contributed by atoms with Gasteiger partial charge >= 0.3 is 0 Å². The van der Waals surface area contributed by atoms with Gasteiger partial charge in [0.15, 0.2) is 0 Å². The zero-order valence-corrected chi connectivity index (χ0v) is 12.7. The van der Waals surface area contributed by atoms with Gasteiger partial charge < -0.3 is 5.11 Å². The Morgan fingerprint density at radius 3 is 2.80 bits per heavy atom. The molecule has 1 nitrogen and oxygen atoms in total. The van der Waals surface area contributed by atoms with Crippen molar-refractivity contribution >= 4 is 23.4 Å². The summed E-state index contributed by atoms with van der Waals surface area (Å²) in [6.07, 6.45) is -0.199. The van der Waals surface area contributed by atoms with Gasteiger partial charge in [0.1, 0.15) is 5.82 Å². The number of hydrogen-bond donors (Lipinski definition) is 1. The van der Waals surface area contributed by atoms with Gasteiger partial charge in [-0.2, -0.15) is 0 Å². The lowest BCUT2D eigenvalue weighted by Crippen LogP contribution is -2.14. The van der Waals surface area contributed by atoms with E-state index in [1.807, 2.05) is 25.1 Å². The second-order valence-electron chi connectivity index (χ2n) is 4.72. The molecule has 1 atom stereocenters. The third-order valence-corrected chi connectivity index (χ3v) is 4.40. The van der Waals surface area contributed by atoms with Gasteiger partial charge in [-0.1, -0.05) is 29.3 Å². The summed E-state index contributed by atoms with van der Waals surface area (Å²) < 4.78 is 13.1. The van der Waals surface area contributed by atoms with Crippen LogP contribution in [0.25, 0.3) is 0 Å². The van der Waals surface area contributed by atoms with Crippen molar-refractivity contribution in [1.82, 2.24) is 0 Å². The van der Waals surface area contributed by atoms with E-state index in [2.05, 4.69) is 6.07 Å². The van der Waals surface area contributed by atoms with Crippen molar-refractivity contribution in [3.63, 3.8) is 0 Å². The molecule has 0 aromatic heterocycles. The molecule has 0 amide bonds. The number of benzene rings is 2. The molecule has 0 saturated heterocycles. The van der Waals surface area contributed by atoms with Crippen LogP contribution in [0, 0.1) is 12.7 Å². The van der Waals surface area contributed by atoms with Gasteiger partial charge in [-0.05, 0) is 42.8 Å². The maximum absolute atomic E-state index is 13.1. The highest BCUT2D eigenvalue weighted by atomic mass is 35.5. The van der Waals surface area contributed by atoms with Crippen molar-refractivity contribution in [2.45, 2.75) is 24.3 Å². The monoisotopic (exact) mass is 310 g/mol. The molecule has 0 spiro atoms. The number of halogens is 2. The highest BCUT2D eigenvalue weighted by Crippen LogP contribution is 2.23. The van der Waals surface area contributed by atoms with Crippen molar-refractivity contribution in [1.29, 1.82) is 0 Å². The van der Waals surface area contributed by atoms with E-state index in [0.29, 0.717) is 22.8 Å². The molecule has 1 N–H and O–H groups in total. The summed E-state index contributed by atoms with van der Waals surface area (Å²) in [6, 6.07) is 12.3. The summed E-state index contributed by atoms with van der Waals surface area (Å²) in [4.78, 5) is 1.12. The lowest BCUT2D eigenvalue weighted by atomic mass is 10.1. The molecule has 0 fully saturated rings. The van der Waals surface area contributed by atoms with Crippen molar-refractivity contribution in [3.8, 4) is 0 Å². The van der Waals surface area contributed by atoms with Gasteiger partial charge in [0.25, 0.3) is 0 Å². The molecule has 0 aliphatic heterocycles. The highest BCUT2D eigenvalue weighted by molar-refractivity contribution is 7.99. The Balaban J connectivity index is 1.92. The molecule has 1 unspecified atom stereocenters. The van der Waals surface area contributed by atoms with E-state index in [9.17, 15) is 9.50 Å². The predicted molar refractivity (Wildman–Crippen MR) is 83.0 cm³/mol. The van der Waals surface area contributed by atoms with Gasteiger partial charge in [-0.3, -0.25) is 0 Å². The fraction of sp³-hybridized carbons (Fsp3) is 0.250. The standard InChI is InChI=1S/C16H16ClFOS/c1-11-3-2-4-15(7-11)20-10-14(19)9-12-8-13(18)5-6-16(12)17/h2-8,14,19H,9-10H2,1H3. The molecule has 2 aromatic rings. The molecule has 0 bridgehead atoms. The van der Waals surface area contributed by atoms with Crippen LogP contribution in [-0.4, -0.2) is 17.0 Å². The summed E-state index contributed by atoms with van der Waals surface area (Å²) in [6.45, 7) is 2.03. The fourth-order valence-corrected chi connectivity index (χ4v) is 3.05. The Bertz CT molecular complexity index is 588. The van der Waals surface area contributed by atoms with Crippen LogP contribution in [0.15, 0.2) is 47.4 Å². The average Bonchev–Trinajstić information content (AvgIpc) is 2.41. The van der Waals surface area contributed by atoms with Crippen molar-refractivity contribution in [3.05, 3.63) is 64.4 Å². The molecular weight excluding hydrogens is 295 g/mol. The SMILES string of the molecule is Cc1cccc(SCC(O)Cc2cc(F)ccc2Cl)c1. The van der Waals surface area contributed by atoms with Crippen molar-refractivity contribution in [2.24, 2.45) is 0 Å². The van der Waals surface area contributed by atoms with E-state index in [-0.39, 0.29) is 5.82 Å². The molecule has 0 heterocycles. The first-order valence-corrected chi connectivity index (χ1v) is 7.72. The van der Waals surface area contributed by atoms with Gasteiger partial charge in [-0.25, -0.2) is 4.39 Å². The minimum absolute atomic E-state index is 0.331. The lowest BCUT2D eigenvalue weighted by molar-refractivity contribution is 0.200. The number of hydrogen-bond acceptors (Lipinski definition) is 2. The van der Waals surface area contributed by atoms with Gasteiger partial charge in [0.2, 0.25) is 0 Å². The summed E-state index contributed by atoms with van der Waals surface area (Å²) in [7, 11) is 0. The molecule has 20 heavy (non-hydrogen) atoms. The molecule has 4 heteroatoms. The summed E-state index contributed by atoms with van der Waals surface area (Å²) in [5.74, 6) is 0.221. The molecule has 2 rings (SSSR count). The molecular formula is C16H16ClFOS. The Morgan fingerprint density at radius 2 is 2.05 bits per heavy atom. The molecule has 0 saturated carbocycles. The maximum Gasteiger partial charge on any atom is 0.123 e. The topological polar surface area (TPSA) is 20.2 Å². The quantitative estimate of drug-likeness (QED) is 0.822. The fourth-order valence-electron chi connectivity index (χ4n) is 1.91. The summed E-state index contributed by atoms with van der Waals surface area (Å²) in [5.41, 5.74) is 1.83. The molecule has 106 valence electrons. The number of thioether (sulfide) groups is 1. The summed E-state index contributed by atoms with van der Waals surface area (Å²) >= 11 is 7.58. The highest BCUT2D eigenvalue weighted by Gasteiger charge is 2.10. The van der Waals surface area contributed by atoms with Gasteiger partial charge in [0, 0.05) is 22.1 Å². The number of aliphatic hydroxyl groups excluding tert-OH is 1. The van der Waals surface area contributed by atoms with Crippen LogP contribution in [0.4, 0.5) is 4.39 Å². The molecule has 0 radical (unpaired) electrons. The minimum Gasteiger partial charge on any atom is -0.392 e. The second-order valence-corrected chi connectivity index (χ2v) is 6.22. The molecule has 2 aromatic carbocycles. The minimum atomic E-state index is -0.556. The first-order chi connectivity index (χ1) is 9.54. The van der Waals surface area contributed by atoms with Gasteiger partial charge in [-0.15, -0.1) is 11.8 Å². The van der Waals surface area contributed by atoms with Crippen molar-refractivity contribution in [2.75, 3.05) is 5.75 Å². The zero-order valence-electron chi connectivity index (χ0n) is 11.1. The predicted octanol–water partition coefficient (Wildman–Crippen LogP) is 4.48. The van der Waals surface area contributed by atoms with E-state index in [1.54, 1.807) is 11.8 Å². The third-order valence-electron chi connectivity index (χ3n) is 2.90. The Hall–Kier alpha value is -1.03. The van der Waals surface area contributed by atoms with Gasteiger partial charge in [0.05, 0.1) is 6.10 Å². The smallest absolute Gasteiger partial charge is 0.123 e. The first kappa shape index (κ1) is 15.4. The molecule has 0 aliphatic rings. The third kappa shape index (κ3) is 4.51. The largest absolute Gasteiger partial charge is 0.392 e. The van der Waals surface area contributed by atoms with Crippen LogP contribution in [-0.2, 0) is 6.42 Å². The normalized spacial score (nSPS) is 12.4. The average molecular weight is 311 g/mol. The first-order valence-electron chi connectivity index (χ1n) is 6.36. The molecule has 0 aliphatic carbocycles. The van der Waals surface area contributed by atoms with Crippen LogP contribution in [0.3, 0.4) is 0 Å². The van der Waals surface area contributed by atoms with E-state index < -0.39 is 6.10 Å². The number of aryl methyl sites for hydroxylation is 1. The Labute approximate surface area is 127 Å². The van der Waals surface area contributed by atoms with E-state index >= 15 is 0 Å². The lowest BCUT2D eigenvalue weighted by Gasteiger charge is -2.12. The second kappa shape index (κ2) is 7.11. The Kier molecular flexibility index (Phi) is 5.46. The van der Waals surface area contributed by atoms with Crippen LogP contribution < -0.4 is 0 Å². The number of rotatable bonds is 5. The van der Waals surface area contributed by atoms with Crippen LogP contribution in [0.2, 0.25) is 5.02 Å². The van der Waals surface area contributed by atoms with Crippen LogP contribution >= 0.6 is 23.4 Å². The summed E-state index contributed by atoms with van der Waals surface area (Å²) in [5, 5.41) is 10.5. The van der Waals surface area contributed by atoms with E-state index in [1.165, 1.54) is 23.8 Å². The van der Waals surface area contributed by atoms with Crippen molar-refractivity contribution < 1.29 is 9.50 Å². The van der Waals surface area contributed by atoms with E-state index in [4.69, 9.17) is 11.6 Å². The van der Waals surface area contributed by atoms with Crippen LogP contribution in [0.5, 0.6) is 0 Å². The Morgan fingerprint density at radius 1 is 1.25 bits per heavy atom. The maximum atomic E-state index is 13.1. The number of aliphatic hydroxyl groups is 1.